The molecule has 3 aliphatic rings. The van der Waals surface area contributed by atoms with Crippen molar-refractivity contribution in [3.05, 3.63) is 0 Å². The molecule has 0 saturated heterocycles. The van der Waals surface area contributed by atoms with Crippen LogP contribution in [0.1, 0.15) is 39.5 Å². The zero-order valence-electron chi connectivity index (χ0n) is 9.98. The lowest BCUT2D eigenvalue weighted by molar-refractivity contribution is -0.108. The van der Waals surface area contributed by atoms with E-state index in [1.165, 1.54) is 19.3 Å². The Morgan fingerprint density at radius 2 is 2.06 bits per heavy atom. The summed E-state index contributed by atoms with van der Waals surface area (Å²) in [6.45, 7) is 4.90. The molecule has 0 aromatic carbocycles. The van der Waals surface area contributed by atoms with Crippen LogP contribution < -0.4 is 5.14 Å². The molecule has 5 heteroatoms. The second-order valence-electron chi connectivity index (χ2n) is 5.80. The van der Waals surface area contributed by atoms with Gasteiger partial charge in [0.05, 0.1) is 6.61 Å². The van der Waals surface area contributed by atoms with Gasteiger partial charge in [-0.25, -0.2) is 5.14 Å². The van der Waals surface area contributed by atoms with Gasteiger partial charge in [0.2, 0.25) is 0 Å². The summed E-state index contributed by atoms with van der Waals surface area (Å²) >= 11 is 0. The average molecular weight is 247 g/mol. The summed E-state index contributed by atoms with van der Waals surface area (Å²) in [5.41, 5.74) is 0.449. The summed E-state index contributed by atoms with van der Waals surface area (Å²) < 4.78 is 25.9. The number of hydrogen-bond acceptors (Lipinski definition) is 3. The normalized spacial score (nSPS) is 36.8. The molecule has 0 aromatic rings. The van der Waals surface area contributed by atoms with E-state index in [1.54, 1.807) is 0 Å². The smallest absolute Gasteiger partial charge is 0.258 e. The highest BCUT2D eigenvalue weighted by Crippen LogP contribution is 2.61. The summed E-state index contributed by atoms with van der Waals surface area (Å²) in [5, 5.41) is 4.80. The van der Waals surface area contributed by atoms with E-state index in [2.05, 4.69) is 18.0 Å². The van der Waals surface area contributed by atoms with E-state index in [-0.39, 0.29) is 6.61 Å². The van der Waals surface area contributed by atoms with Crippen molar-refractivity contribution >= 4 is 10.3 Å². The van der Waals surface area contributed by atoms with E-state index >= 15 is 0 Å². The predicted molar refractivity (Wildman–Crippen MR) is 61.8 cm³/mol. The van der Waals surface area contributed by atoms with Crippen LogP contribution in [0.25, 0.3) is 0 Å². The first-order valence-corrected chi connectivity index (χ1v) is 7.45. The Morgan fingerprint density at radius 3 is 2.56 bits per heavy atom. The van der Waals surface area contributed by atoms with Gasteiger partial charge in [-0.1, -0.05) is 13.8 Å². The first kappa shape index (κ1) is 12.3. The van der Waals surface area contributed by atoms with Gasteiger partial charge >= 0.3 is 10.3 Å². The third-order valence-corrected chi connectivity index (χ3v) is 5.23. The molecule has 16 heavy (non-hydrogen) atoms. The quantitative estimate of drug-likeness (QED) is 0.821. The molecule has 3 fully saturated rings. The molecule has 0 heterocycles. The molecule has 1 unspecified atom stereocenters. The Hall–Kier alpha value is -0.130. The molecule has 3 rings (SSSR count). The molecule has 0 radical (unpaired) electrons. The highest BCUT2D eigenvalue weighted by Gasteiger charge is 2.53. The number of hydrogen-bond donors (Lipinski definition) is 1. The maximum absolute atomic E-state index is 10.6. The molecule has 94 valence electrons. The minimum absolute atomic E-state index is 0.237. The molecule has 3 saturated carbocycles. The fourth-order valence-electron chi connectivity index (χ4n) is 3.62. The van der Waals surface area contributed by atoms with Crippen molar-refractivity contribution < 1.29 is 12.6 Å². The van der Waals surface area contributed by atoms with E-state index in [0.29, 0.717) is 11.3 Å². The van der Waals surface area contributed by atoms with Gasteiger partial charge in [0.25, 0.3) is 0 Å². The maximum atomic E-state index is 10.6. The lowest BCUT2D eigenvalue weighted by atomic mass is 9.45. The van der Waals surface area contributed by atoms with Crippen molar-refractivity contribution in [3.8, 4) is 0 Å². The third kappa shape index (κ3) is 2.26. The number of nitrogens with two attached hydrogens (primary N) is 1. The zero-order valence-corrected chi connectivity index (χ0v) is 10.8. The standard InChI is InChI=1S/C11H21NO3S/c1-11(2)9-4-3-8(10(11)7-9)5-6-15-16(12,13)14/h8-10H,3-7H2,1-2H3,(H2,12,13,14)/t8-,9-,10?/m1/s1. The molecular formula is C11H21NO3S. The van der Waals surface area contributed by atoms with Crippen molar-refractivity contribution in [2.45, 2.75) is 39.5 Å². The van der Waals surface area contributed by atoms with Crippen LogP contribution in [0.2, 0.25) is 0 Å². The van der Waals surface area contributed by atoms with Crippen molar-refractivity contribution in [1.82, 2.24) is 0 Å². The lowest BCUT2D eigenvalue weighted by Crippen LogP contribution is -2.52. The Kier molecular flexibility index (Phi) is 3.05. The maximum Gasteiger partial charge on any atom is 0.333 e. The molecular weight excluding hydrogens is 226 g/mol. The van der Waals surface area contributed by atoms with Gasteiger partial charge in [0, 0.05) is 0 Å². The summed E-state index contributed by atoms with van der Waals surface area (Å²) in [6.07, 6.45) is 4.63. The van der Waals surface area contributed by atoms with Crippen LogP contribution in [0.5, 0.6) is 0 Å². The van der Waals surface area contributed by atoms with Crippen LogP contribution in [0.3, 0.4) is 0 Å². The van der Waals surface area contributed by atoms with Gasteiger partial charge < -0.3 is 0 Å². The monoisotopic (exact) mass is 247 g/mol. The van der Waals surface area contributed by atoms with Crippen molar-refractivity contribution in [2.75, 3.05) is 6.61 Å². The summed E-state index contributed by atoms with van der Waals surface area (Å²) in [4.78, 5) is 0. The van der Waals surface area contributed by atoms with E-state index in [4.69, 9.17) is 5.14 Å². The molecule has 3 aliphatic carbocycles. The highest BCUT2D eigenvalue weighted by atomic mass is 32.2. The van der Waals surface area contributed by atoms with Crippen molar-refractivity contribution in [2.24, 2.45) is 28.3 Å². The second kappa shape index (κ2) is 3.96. The van der Waals surface area contributed by atoms with Crippen LogP contribution in [-0.2, 0) is 14.5 Å². The minimum Gasteiger partial charge on any atom is -0.258 e. The first-order valence-electron chi connectivity index (χ1n) is 5.98. The van der Waals surface area contributed by atoms with Gasteiger partial charge in [0.15, 0.2) is 0 Å². The van der Waals surface area contributed by atoms with Crippen LogP contribution in [0, 0.1) is 23.2 Å². The van der Waals surface area contributed by atoms with Crippen LogP contribution in [0.15, 0.2) is 0 Å². The molecule has 0 aliphatic heterocycles. The average Bonchev–Trinajstić information content (AvgIpc) is 2.15. The van der Waals surface area contributed by atoms with Gasteiger partial charge in [-0.2, -0.15) is 8.42 Å². The largest absolute Gasteiger partial charge is 0.333 e. The van der Waals surface area contributed by atoms with Gasteiger partial charge in [-0.15, -0.1) is 0 Å². The van der Waals surface area contributed by atoms with E-state index in [0.717, 1.165) is 18.3 Å². The molecule has 0 spiro atoms. The summed E-state index contributed by atoms with van der Waals surface area (Å²) in [5.74, 6) is 2.24. The van der Waals surface area contributed by atoms with E-state index < -0.39 is 10.3 Å². The van der Waals surface area contributed by atoms with Crippen molar-refractivity contribution in [1.29, 1.82) is 0 Å². The number of fused-ring (bicyclic) bond motifs is 2. The van der Waals surface area contributed by atoms with Crippen LogP contribution in [-0.4, -0.2) is 15.0 Å². The predicted octanol–water partition coefficient (Wildman–Crippen LogP) is 1.67. The Balaban J connectivity index is 1.83. The number of rotatable bonds is 4. The summed E-state index contributed by atoms with van der Waals surface area (Å²) in [6, 6.07) is 0. The highest BCUT2D eigenvalue weighted by molar-refractivity contribution is 7.84. The zero-order chi connectivity index (χ0) is 12.0. The molecule has 2 bridgehead atoms. The Labute approximate surface area is 97.8 Å². The second-order valence-corrected chi connectivity index (χ2v) is 7.02. The van der Waals surface area contributed by atoms with Gasteiger partial charge in [-0.3, -0.25) is 4.18 Å². The molecule has 4 nitrogen and oxygen atoms in total. The van der Waals surface area contributed by atoms with E-state index in [1.807, 2.05) is 0 Å². The molecule has 3 atom stereocenters. The Morgan fingerprint density at radius 1 is 1.38 bits per heavy atom. The van der Waals surface area contributed by atoms with Gasteiger partial charge in [0.1, 0.15) is 0 Å². The third-order valence-electron chi connectivity index (χ3n) is 4.74. The molecule has 2 N–H and O–H groups in total. The SMILES string of the molecule is CC1(C)C2C[C@H]1CC[C@@H]2CCOS(N)(=O)=O. The Bertz CT molecular complexity index is 361. The van der Waals surface area contributed by atoms with Crippen molar-refractivity contribution in [3.63, 3.8) is 0 Å². The molecule has 0 amide bonds. The topological polar surface area (TPSA) is 69.4 Å². The minimum atomic E-state index is -3.76. The van der Waals surface area contributed by atoms with Crippen LogP contribution in [0.4, 0.5) is 0 Å². The lowest BCUT2D eigenvalue weighted by Gasteiger charge is -2.60. The first-order chi connectivity index (χ1) is 7.31. The molecule has 0 aromatic heterocycles. The fourth-order valence-corrected chi connectivity index (χ4v) is 3.95. The summed E-state index contributed by atoms with van der Waals surface area (Å²) in [7, 11) is -3.76. The van der Waals surface area contributed by atoms with Gasteiger partial charge in [-0.05, 0) is 48.9 Å². The van der Waals surface area contributed by atoms with E-state index in [9.17, 15) is 8.42 Å². The van der Waals surface area contributed by atoms with Crippen LogP contribution >= 0.6 is 0 Å². The fraction of sp³-hybridized carbons (Fsp3) is 1.00.